The summed E-state index contributed by atoms with van der Waals surface area (Å²) >= 11 is 0. The van der Waals surface area contributed by atoms with Crippen molar-refractivity contribution in [2.75, 3.05) is 14.2 Å². The van der Waals surface area contributed by atoms with Crippen LogP contribution in [0.15, 0.2) is 18.2 Å². The molecular formula is C13H14O6. The number of hydrogen-bond donors (Lipinski definition) is 1. The predicted octanol–water partition coefficient (Wildman–Crippen LogP) is 1.39. The van der Waals surface area contributed by atoms with Gasteiger partial charge in [0.2, 0.25) is 0 Å². The number of esters is 1. The fourth-order valence-electron chi connectivity index (χ4n) is 2.11. The number of hydrogen-bond acceptors (Lipinski definition) is 5. The lowest BCUT2D eigenvalue weighted by atomic mass is 9.94. The van der Waals surface area contributed by atoms with E-state index in [0.29, 0.717) is 17.1 Å². The summed E-state index contributed by atoms with van der Waals surface area (Å²) < 4.78 is 15.4. The number of carbonyl (C=O) groups is 2. The van der Waals surface area contributed by atoms with Crippen LogP contribution in [-0.4, -0.2) is 31.3 Å². The van der Waals surface area contributed by atoms with Crippen LogP contribution in [-0.2, 0) is 14.3 Å². The molecule has 102 valence electrons. The third-order valence-corrected chi connectivity index (χ3v) is 3.07. The highest BCUT2D eigenvalue weighted by molar-refractivity contribution is 5.83. The van der Waals surface area contributed by atoms with Gasteiger partial charge in [0, 0.05) is 11.6 Å². The maximum Gasteiger partial charge on any atom is 0.311 e. The molecule has 0 aliphatic carbocycles. The van der Waals surface area contributed by atoms with Crippen molar-refractivity contribution in [3.63, 3.8) is 0 Å². The van der Waals surface area contributed by atoms with Crippen molar-refractivity contribution in [1.29, 1.82) is 0 Å². The first-order valence-corrected chi connectivity index (χ1v) is 5.71. The number of cyclic esters (lactones) is 1. The first-order valence-electron chi connectivity index (χ1n) is 5.71. The van der Waals surface area contributed by atoms with Gasteiger partial charge in [0.25, 0.3) is 0 Å². The zero-order valence-corrected chi connectivity index (χ0v) is 10.6. The minimum atomic E-state index is -1.06. The first kappa shape index (κ1) is 13.2. The summed E-state index contributed by atoms with van der Waals surface area (Å²) in [6, 6.07) is 4.94. The van der Waals surface area contributed by atoms with Gasteiger partial charge in [-0.25, -0.2) is 0 Å². The fourth-order valence-corrected chi connectivity index (χ4v) is 2.11. The van der Waals surface area contributed by atoms with E-state index in [-0.39, 0.29) is 6.42 Å². The van der Waals surface area contributed by atoms with E-state index in [0.717, 1.165) is 0 Å². The van der Waals surface area contributed by atoms with Gasteiger partial charge in [-0.15, -0.1) is 0 Å². The van der Waals surface area contributed by atoms with E-state index in [1.54, 1.807) is 18.2 Å². The molecule has 0 radical (unpaired) electrons. The Balaban J connectivity index is 2.40. The van der Waals surface area contributed by atoms with Crippen LogP contribution in [0.1, 0.15) is 18.1 Å². The Hall–Kier alpha value is -2.24. The molecule has 1 N–H and O–H groups in total. The highest BCUT2D eigenvalue weighted by atomic mass is 16.6. The van der Waals surface area contributed by atoms with Gasteiger partial charge >= 0.3 is 11.9 Å². The van der Waals surface area contributed by atoms with Gasteiger partial charge in [-0.3, -0.25) is 9.59 Å². The average Bonchev–Trinajstić information content (AvgIpc) is 2.80. The van der Waals surface area contributed by atoms with Gasteiger partial charge in [0.15, 0.2) is 0 Å². The fraction of sp³-hybridized carbons (Fsp3) is 0.385. The molecule has 2 atom stereocenters. The molecular weight excluding hydrogens is 252 g/mol. The summed E-state index contributed by atoms with van der Waals surface area (Å²) in [4.78, 5) is 22.5. The molecule has 1 aromatic rings. The van der Waals surface area contributed by atoms with Crippen LogP contribution in [0, 0.1) is 5.92 Å². The molecule has 1 heterocycles. The normalized spacial score (nSPS) is 21.9. The predicted molar refractivity (Wildman–Crippen MR) is 64.1 cm³/mol. The monoisotopic (exact) mass is 266 g/mol. The number of aliphatic carboxylic acids is 1. The second-order valence-corrected chi connectivity index (χ2v) is 4.17. The Morgan fingerprint density at radius 1 is 1.37 bits per heavy atom. The molecule has 1 aromatic carbocycles. The Kier molecular flexibility index (Phi) is 3.59. The van der Waals surface area contributed by atoms with E-state index in [1.807, 2.05) is 0 Å². The molecule has 6 nitrogen and oxygen atoms in total. The van der Waals surface area contributed by atoms with E-state index in [1.165, 1.54) is 14.2 Å². The Morgan fingerprint density at radius 2 is 2.11 bits per heavy atom. The van der Waals surface area contributed by atoms with E-state index >= 15 is 0 Å². The Labute approximate surface area is 109 Å². The summed E-state index contributed by atoms with van der Waals surface area (Å²) in [5.74, 6) is -1.46. The lowest BCUT2D eigenvalue weighted by Crippen LogP contribution is -2.18. The third kappa shape index (κ3) is 2.47. The van der Waals surface area contributed by atoms with Crippen LogP contribution < -0.4 is 9.47 Å². The molecule has 19 heavy (non-hydrogen) atoms. The molecule has 1 fully saturated rings. The summed E-state index contributed by atoms with van der Waals surface area (Å²) in [6.07, 6.45) is -0.958. The summed E-state index contributed by atoms with van der Waals surface area (Å²) in [6.45, 7) is 0. The molecule has 0 amide bonds. The maximum absolute atomic E-state index is 11.3. The van der Waals surface area contributed by atoms with Crippen LogP contribution in [0.25, 0.3) is 0 Å². The zero-order valence-electron chi connectivity index (χ0n) is 10.6. The molecule has 1 aliphatic rings. The van der Waals surface area contributed by atoms with E-state index in [2.05, 4.69) is 0 Å². The molecule has 1 saturated heterocycles. The van der Waals surface area contributed by atoms with Crippen LogP contribution in [0.4, 0.5) is 0 Å². The van der Waals surface area contributed by atoms with Gasteiger partial charge in [-0.05, 0) is 12.1 Å². The largest absolute Gasteiger partial charge is 0.497 e. The minimum Gasteiger partial charge on any atom is -0.497 e. The lowest BCUT2D eigenvalue weighted by Gasteiger charge is -2.18. The minimum absolute atomic E-state index is 0.130. The smallest absolute Gasteiger partial charge is 0.311 e. The number of carboxylic acid groups (broad SMARTS) is 1. The number of carbonyl (C=O) groups excluding carboxylic acids is 1. The average molecular weight is 266 g/mol. The second-order valence-electron chi connectivity index (χ2n) is 4.17. The first-order chi connectivity index (χ1) is 9.06. The van der Waals surface area contributed by atoms with Gasteiger partial charge in [-0.2, -0.15) is 0 Å². The Bertz CT molecular complexity index is 510. The van der Waals surface area contributed by atoms with Crippen LogP contribution >= 0.6 is 0 Å². The molecule has 0 bridgehead atoms. The molecule has 6 heteroatoms. The van der Waals surface area contributed by atoms with Crippen molar-refractivity contribution in [3.05, 3.63) is 23.8 Å². The van der Waals surface area contributed by atoms with Crippen LogP contribution in [0.3, 0.4) is 0 Å². The number of rotatable bonds is 4. The van der Waals surface area contributed by atoms with Crippen molar-refractivity contribution < 1.29 is 28.9 Å². The summed E-state index contributed by atoms with van der Waals surface area (Å²) in [5.41, 5.74) is 0.529. The van der Waals surface area contributed by atoms with Crippen LogP contribution in [0.2, 0.25) is 0 Å². The maximum atomic E-state index is 11.3. The van der Waals surface area contributed by atoms with E-state index in [9.17, 15) is 9.59 Å². The van der Waals surface area contributed by atoms with Gasteiger partial charge < -0.3 is 19.3 Å². The molecule has 0 unspecified atom stereocenters. The van der Waals surface area contributed by atoms with Gasteiger partial charge in [0.1, 0.15) is 23.5 Å². The number of methoxy groups -OCH3 is 2. The van der Waals surface area contributed by atoms with Crippen molar-refractivity contribution in [3.8, 4) is 11.5 Å². The zero-order chi connectivity index (χ0) is 14.0. The highest BCUT2D eigenvalue weighted by Crippen LogP contribution is 2.40. The molecule has 2 rings (SSSR count). The lowest BCUT2D eigenvalue weighted by molar-refractivity contribution is -0.144. The van der Waals surface area contributed by atoms with Crippen molar-refractivity contribution in [1.82, 2.24) is 0 Å². The van der Waals surface area contributed by atoms with Crippen molar-refractivity contribution in [2.24, 2.45) is 5.92 Å². The van der Waals surface area contributed by atoms with E-state index < -0.39 is 24.0 Å². The second kappa shape index (κ2) is 5.17. The van der Waals surface area contributed by atoms with Crippen LogP contribution in [0.5, 0.6) is 11.5 Å². The quantitative estimate of drug-likeness (QED) is 0.829. The molecule has 1 aliphatic heterocycles. The number of benzene rings is 1. The van der Waals surface area contributed by atoms with Gasteiger partial charge in [0.05, 0.1) is 20.6 Å². The Morgan fingerprint density at radius 3 is 2.68 bits per heavy atom. The van der Waals surface area contributed by atoms with E-state index in [4.69, 9.17) is 19.3 Å². The topological polar surface area (TPSA) is 82.1 Å². The standard InChI is InChI=1S/C13H14O6/c1-17-7-3-4-8(10(5-7)18-2)12-9(13(15)16)6-11(14)19-12/h3-5,9,12H,6H2,1-2H3,(H,15,16)/t9-,12-/m1/s1. The summed E-state index contributed by atoms with van der Waals surface area (Å²) in [7, 11) is 2.98. The molecule has 0 saturated carbocycles. The molecule has 0 aromatic heterocycles. The third-order valence-electron chi connectivity index (χ3n) is 3.07. The SMILES string of the molecule is COc1ccc([C@H]2OC(=O)C[C@H]2C(=O)O)c(OC)c1. The summed E-state index contributed by atoms with van der Waals surface area (Å²) in [5, 5.41) is 9.13. The number of ether oxygens (including phenoxy) is 3. The van der Waals surface area contributed by atoms with Gasteiger partial charge in [-0.1, -0.05) is 0 Å². The van der Waals surface area contributed by atoms with Crippen molar-refractivity contribution >= 4 is 11.9 Å². The highest BCUT2D eigenvalue weighted by Gasteiger charge is 2.42. The molecule has 0 spiro atoms. The van der Waals surface area contributed by atoms with Crippen molar-refractivity contribution in [2.45, 2.75) is 12.5 Å². The number of carboxylic acids is 1.